The predicted octanol–water partition coefficient (Wildman–Crippen LogP) is 3.02. The second-order valence-electron chi connectivity index (χ2n) is 8.15. The fourth-order valence-corrected chi connectivity index (χ4v) is 3.56. The van der Waals surface area contributed by atoms with Gasteiger partial charge in [-0.25, -0.2) is 9.78 Å². The van der Waals surface area contributed by atoms with Crippen LogP contribution in [0.2, 0.25) is 0 Å². The summed E-state index contributed by atoms with van der Waals surface area (Å²) in [5.41, 5.74) is 9.55. The Bertz CT molecular complexity index is 1110. The molecule has 3 heterocycles. The molecule has 0 radical (unpaired) electrons. The summed E-state index contributed by atoms with van der Waals surface area (Å²) >= 11 is 0. The molecule has 0 aliphatic carbocycles. The Morgan fingerprint density at radius 3 is 2.79 bits per heavy atom. The van der Waals surface area contributed by atoms with Crippen LogP contribution in [0.15, 0.2) is 30.5 Å². The van der Waals surface area contributed by atoms with Gasteiger partial charge < -0.3 is 15.4 Å². The number of ether oxygens (including phenoxy) is 1. The number of carbonyl (C=O) groups excluding carboxylic acids is 2. The molecule has 0 spiro atoms. The molecule has 0 saturated heterocycles. The fourth-order valence-electron chi connectivity index (χ4n) is 3.56. The van der Waals surface area contributed by atoms with Gasteiger partial charge in [0.2, 0.25) is 5.91 Å². The number of nitrogens with two attached hydrogens (primary N) is 1. The first-order chi connectivity index (χ1) is 13.7. The second kappa shape index (κ2) is 6.88. The van der Waals surface area contributed by atoms with Crippen molar-refractivity contribution in [3.05, 3.63) is 47.2 Å². The lowest BCUT2D eigenvalue weighted by Gasteiger charge is -2.31. The Morgan fingerprint density at radius 2 is 2.07 bits per heavy atom. The number of H-pyrrole nitrogens is 1. The first-order valence-corrected chi connectivity index (χ1v) is 9.46. The number of nitrogens with one attached hydrogen (secondary N) is 1. The fraction of sp³-hybridized carbons (Fsp3) is 0.333. The summed E-state index contributed by atoms with van der Waals surface area (Å²) in [6, 6.07) is 7.07. The summed E-state index contributed by atoms with van der Waals surface area (Å²) in [6.45, 7) is 6.54. The molecule has 0 bridgehead atoms. The molecular weight excluding hydrogens is 370 g/mol. The molecule has 1 aliphatic rings. The Morgan fingerprint density at radius 1 is 1.28 bits per heavy atom. The summed E-state index contributed by atoms with van der Waals surface area (Å²) in [7, 11) is 0. The van der Waals surface area contributed by atoms with Crippen molar-refractivity contribution in [2.75, 3.05) is 6.54 Å². The van der Waals surface area contributed by atoms with E-state index < -0.39 is 11.5 Å². The maximum absolute atomic E-state index is 12.4. The largest absolute Gasteiger partial charge is 0.444 e. The number of nitrogens with zero attached hydrogens (tertiary/aromatic N) is 3. The lowest BCUT2D eigenvalue weighted by molar-refractivity contribution is 0.0224. The van der Waals surface area contributed by atoms with Gasteiger partial charge >= 0.3 is 6.09 Å². The van der Waals surface area contributed by atoms with Gasteiger partial charge in [0.25, 0.3) is 0 Å². The molecule has 8 nitrogen and oxygen atoms in total. The Balaban J connectivity index is 1.72. The smallest absolute Gasteiger partial charge is 0.410 e. The van der Waals surface area contributed by atoms with Crippen molar-refractivity contribution in [3.63, 3.8) is 0 Å². The highest BCUT2D eigenvalue weighted by Crippen LogP contribution is 2.33. The minimum atomic E-state index is -0.539. The van der Waals surface area contributed by atoms with Crippen LogP contribution >= 0.6 is 0 Å². The summed E-state index contributed by atoms with van der Waals surface area (Å²) in [5, 5.41) is 8.31. The van der Waals surface area contributed by atoms with E-state index in [4.69, 9.17) is 10.5 Å². The Hall–Kier alpha value is -3.42. The quantitative estimate of drug-likeness (QED) is 0.695. The summed E-state index contributed by atoms with van der Waals surface area (Å²) < 4.78 is 5.50. The van der Waals surface area contributed by atoms with Crippen LogP contribution in [-0.2, 0) is 17.7 Å². The molecule has 29 heavy (non-hydrogen) atoms. The van der Waals surface area contributed by atoms with Crippen molar-refractivity contribution in [1.29, 1.82) is 0 Å². The molecule has 150 valence electrons. The van der Waals surface area contributed by atoms with Crippen molar-refractivity contribution >= 4 is 23.0 Å². The number of rotatable bonds is 2. The normalized spacial score (nSPS) is 14.0. The molecule has 2 aromatic heterocycles. The molecular formula is C21H23N5O3. The number of carbonyl (C=O) groups is 2. The molecule has 2 amide bonds. The van der Waals surface area contributed by atoms with Crippen molar-refractivity contribution in [2.24, 2.45) is 5.73 Å². The van der Waals surface area contributed by atoms with Gasteiger partial charge in [0.15, 0.2) is 5.65 Å². The van der Waals surface area contributed by atoms with Gasteiger partial charge in [0, 0.05) is 23.9 Å². The van der Waals surface area contributed by atoms with Crippen LogP contribution in [0.4, 0.5) is 4.79 Å². The minimum Gasteiger partial charge on any atom is -0.444 e. The molecule has 8 heteroatoms. The molecule has 0 unspecified atom stereocenters. The Labute approximate surface area is 168 Å². The highest BCUT2D eigenvalue weighted by molar-refractivity contribution is 5.98. The molecule has 3 N–H and O–H groups in total. The summed E-state index contributed by atoms with van der Waals surface area (Å²) in [5.74, 6) is -0.486. The van der Waals surface area contributed by atoms with Crippen molar-refractivity contribution in [1.82, 2.24) is 20.1 Å². The summed E-state index contributed by atoms with van der Waals surface area (Å²) in [4.78, 5) is 30.2. The molecule has 0 saturated carbocycles. The predicted molar refractivity (Wildman–Crippen MR) is 108 cm³/mol. The van der Waals surface area contributed by atoms with Crippen molar-refractivity contribution in [2.45, 2.75) is 39.3 Å². The van der Waals surface area contributed by atoms with E-state index in [1.165, 1.54) is 0 Å². The zero-order chi connectivity index (χ0) is 20.8. The number of amides is 2. The lowest BCUT2D eigenvalue weighted by atomic mass is 9.95. The zero-order valence-electron chi connectivity index (χ0n) is 16.7. The average molecular weight is 393 g/mol. The van der Waals surface area contributed by atoms with E-state index in [1.807, 2.05) is 26.8 Å². The number of hydrogen-bond acceptors (Lipinski definition) is 5. The monoisotopic (exact) mass is 393 g/mol. The number of fused-ring (bicyclic) bond motifs is 3. The van der Waals surface area contributed by atoms with Crippen LogP contribution in [0, 0.1) is 0 Å². The molecule has 0 fully saturated rings. The van der Waals surface area contributed by atoms with Crippen LogP contribution in [0.25, 0.3) is 22.3 Å². The third-order valence-corrected chi connectivity index (χ3v) is 4.85. The van der Waals surface area contributed by atoms with Crippen LogP contribution in [-0.4, -0.2) is 44.2 Å². The molecule has 1 aromatic carbocycles. The lowest BCUT2D eigenvalue weighted by Crippen LogP contribution is -2.40. The van der Waals surface area contributed by atoms with Crippen LogP contribution in [0.1, 0.15) is 42.3 Å². The minimum absolute atomic E-state index is 0.329. The van der Waals surface area contributed by atoms with E-state index >= 15 is 0 Å². The maximum atomic E-state index is 12.4. The van der Waals surface area contributed by atoms with E-state index in [2.05, 4.69) is 15.2 Å². The van der Waals surface area contributed by atoms with Gasteiger partial charge in [-0.15, -0.1) is 0 Å². The van der Waals surface area contributed by atoms with Gasteiger partial charge in [-0.3, -0.25) is 9.89 Å². The molecule has 3 aromatic rings. The Kier molecular flexibility index (Phi) is 4.49. The standard InChI is InChI=1S/C21H23N5O3/c1-21(2,3)29-20(28)26-8-7-15-14(11-26)10-23-19-16(15)17(24-25-19)12-5-4-6-13(9-12)18(22)27/h4-6,9-10H,7-8,11H2,1-3H3,(H2,22,27)(H,23,24,25). The molecule has 0 atom stereocenters. The number of pyridine rings is 1. The summed E-state index contributed by atoms with van der Waals surface area (Å²) in [6.07, 6.45) is 2.11. The van der Waals surface area contributed by atoms with E-state index in [9.17, 15) is 9.59 Å². The van der Waals surface area contributed by atoms with E-state index in [0.29, 0.717) is 30.7 Å². The van der Waals surface area contributed by atoms with Gasteiger partial charge in [-0.1, -0.05) is 12.1 Å². The molecule has 4 rings (SSSR count). The number of aromatic amines is 1. The number of primary amides is 1. The molecule has 1 aliphatic heterocycles. The highest BCUT2D eigenvalue weighted by atomic mass is 16.6. The van der Waals surface area contributed by atoms with Gasteiger partial charge in [0.1, 0.15) is 11.3 Å². The van der Waals surface area contributed by atoms with E-state index in [0.717, 1.165) is 27.8 Å². The number of aromatic nitrogens is 3. The van der Waals surface area contributed by atoms with E-state index in [-0.39, 0.29) is 6.09 Å². The maximum Gasteiger partial charge on any atom is 0.410 e. The second-order valence-corrected chi connectivity index (χ2v) is 8.15. The third-order valence-electron chi connectivity index (χ3n) is 4.85. The van der Waals surface area contributed by atoms with Gasteiger partial charge in [-0.05, 0) is 50.5 Å². The number of hydrogen-bond donors (Lipinski definition) is 2. The average Bonchev–Trinajstić information content (AvgIpc) is 3.11. The van der Waals surface area contributed by atoms with Crippen LogP contribution < -0.4 is 5.73 Å². The third kappa shape index (κ3) is 3.65. The first-order valence-electron chi connectivity index (χ1n) is 9.46. The van der Waals surface area contributed by atoms with Gasteiger partial charge in [-0.2, -0.15) is 5.10 Å². The van der Waals surface area contributed by atoms with Gasteiger partial charge in [0.05, 0.1) is 11.9 Å². The zero-order valence-corrected chi connectivity index (χ0v) is 16.7. The van der Waals surface area contributed by atoms with Crippen molar-refractivity contribution < 1.29 is 14.3 Å². The van der Waals surface area contributed by atoms with Crippen LogP contribution in [0.3, 0.4) is 0 Å². The topological polar surface area (TPSA) is 114 Å². The first kappa shape index (κ1) is 18.9. The highest BCUT2D eigenvalue weighted by Gasteiger charge is 2.28. The SMILES string of the molecule is CC(C)(C)OC(=O)N1CCc2c(cnc3[nH]nc(-c4cccc(C(N)=O)c4)c23)C1. The van der Waals surface area contributed by atoms with E-state index in [1.54, 1.807) is 29.3 Å². The van der Waals surface area contributed by atoms with Crippen LogP contribution in [0.5, 0.6) is 0 Å². The number of benzene rings is 1. The van der Waals surface area contributed by atoms with Crippen molar-refractivity contribution in [3.8, 4) is 11.3 Å².